The van der Waals surface area contributed by atoms with Gasteiger partial charge in [0.2, 0.25) is 0 Å². The van der Waals surface area contributed by atoms with Crippen molar-refractivity contribution in [3.8, 4) is 0 Å². The van der Waals surface area contributed by atoms with E-state index in [1.54, 1.807) is 0 Å². The molecule has 1 aliphatic heterocycles. The van der Waals surface area contributed by atoms with Gasteiger partial charge in [0.1, 0.15) is 0 Å². The molecule has 2 N–H and O–H groups in total. The molecule has 0 spiro atoms. The van der Waals surface area contributed by atoms with E-state index in [0.717, 1.165) is 19.3 Å². The number of hydrogen-bond acceptors (Lipinski definition) is 4. The molecule has 5 unspecified atom stereocenters. The number of rotatable bonds is 4. The lowest BCUT2D eigenvalue weighted by Crippen LogP contribution is -2.59. The van der Waals surface area contributed by atoms with E-state index in [2.05, 4.69) is 13.8 Å². The van der Waals surface area contributed by atoms with Crippen LogP contribution < -0.4 is 5.73 Å². The first-order valence-corrected chi connectivity index (χ1v) is 6.78. The lowest BCUT2D eigenvalue weighted by Gasteiger charge is -2.44. The van der Waals surface area contributed by atoms with Crippen molar-refractivity contribution in [1.29, 1.82) is 0 Å². The summed E-state index contributed by atoms with van der Waals surface area (Å²) in [6.45, 7) is 6.93. The average molecular weight is 243 g/mol. The fraction of sp³-hybridized carbons (Fsp3) is 1.00. The molecular formula is C13H25NO3. The molecule has 0 amide bonds. The van der Waals surface area contributed by atoms with Crippen molar-refractivity contribution in [3.05, 3.63) is 0 Å². The van der Waals surface area contributed by atoms with Crippen molar-refractivity contribution < 1.29 is 14.2 Å². The highest BCUT2D eigenvalue weighted by Crippen LogP contribution is 2.30. The van der Waals surface area contributed by atoms with Crippen molar-refractivity contribution in [2.45, 2.75) is 76.6 Å². The molecule has 2 fully saturated rings. The zero-order valence-corrected chi connectivity index (χ0v) is 11.1. The fourth-order valence-corrected chi connectivity index (χ4v) is 2.88. The predicted octanol–water partition coefficient (Wildman–Crippen LogP) is 1.46. The summed E-state index contributed by atoms with van der Waals surface area (Å²) < 4.78 is 17.4. The molecule has 0 bridgehead atoms. The van der Waals surface area contributed by atoms with Crippen molar-refractivity contribution in [2.24, 2.45) is 5.73 Å². The maximum absolute atomic E-state index is 6.12. The molecule has 1 heterocycles. The highest BCUT2D eigenvalue weighted by Gasteiger charge is 2.42. The van der Waals surface area contributed by atoms with E-state index in [9.17, 15) is 0 Å². The molecule has 1 saturated heterocycles. The molecule has 4 nitrogen and oxygen atoms in total. The Morgan fingerprint density at radius 2 is 1.82 bits per heavy atom. The summed E-state index contributed by atoms with van der Waals surface area (Å²) in [5.41, 5.74) is 5.93. The molecular weight excluding hydrogens is 218 g/mol. The molecule has 100 valence electrons. The van der Waals surface area contributed by atoms with Crippen LogP contribution in [0.2, 0.25) is 0 Å². The Morgan fingerprint density at radius 1 is 1.18 bits per heavy atom. The summed E-state index contributed by atoms with van der Waals surface area (Å²) >= 11 is 0. The zero-order chi connectivity index (χ0) is 12.4. The Balaban J connectivity index is 1.80. The molecule has 5 atom stereocenters. The SMILES string of the molecule is CCOC1C(N)CC1OC1CC(C)OC(C)C1. The van der Waals surface area contributed by atoms with Crippen molar-refractivity contribution in [1.82, 2.24) is 0 Å². The Morgan fingerprint density at radius 3 is 2.35 bits per heavy atom. The van der Waals surface area contributed by atoms with Crippen LogP contribution in [0.4, 0.5) is 0 Å². The highest BCUT2D eigenvalue weighted by molar-refractivity contribution is 4.96. The summed E-state index contributed by atoms with van der Waals surface area (Å²) in [7, 11) is 0. The van der Waals surface area contributed by atoms with E-state index in [1.165, 1.54) is 0 Å². The van der Waals surface area contributed by atoms with Crippen molar-refractivity contribution in [3.63, 3.8) is 0 Å². The van der Waals surface area contributed by atoms with Crippen molar-refractivity contribution >= 4 is 0 Å². The minimum atomic E-state index is 0.0912. The lowest BCUT2D eigenvalue weighted by atomic mass is 9.85. The van der Waals surface area contributed by atoms with Gasteiger partial charge in [-0.1, -0.05) is 0 Å². The normalized spacial score (nSPS) is 46.6. The van der Waals surface area contributed by atoms with Gasteiger partial charge in [-0.25, -0.2) is 0 Å². The van der Waals surface area contributed by atoms with Gasteiger partial charge in [0.25, 0.3) is 0 Å². The monoisotopic (exact) mass is 243 g/mol. The van der Waals surface area contributed by atoms with E-state index >= 15 is 0 Å². The molecule has 0 radical (unpaired) electrons. The fourth-order valence-electron chi connectivity index (χ4n) is 2.88. The van der Waals surface area contributed by atoms with Crippen LogP contribution >= 0.6 is 0 Å². The van der Waals surface area contributed by atoms with Crippen LogP contribution in [0.15, 0.2) is 0 Å². The molecule has 1 aliphatic carbocycles. The largest absolute Gasteiger partial charge is 0.375 e. The number of nitrogens with two attached hydrogens (primary N) is 1. The second kappa shape index (κ2) is 5.65. The van der Waals surface area contributed by atoms with Gasteiger partial charge in [-0.15, -0.1) is 0 Å². The second-order valence-electron chi connectivity index (χ2n) is 5.34. The van der Waals surface area contributed by atoms with Crippen LogP contribution in [0.25, 0.3) is 0 Å². The third-order valence-corrected chi connectivity index (χ3v) is 3.67. The van der Waals surface area contributed by atoms with Gasteiger partial charge in [-0.3, -0.25) is 0 Å². The molecule has 2 rings (SSSR count). The van der Waals surface area contributed by atoms with E-state index < -0.39 is 0 Å². The number of ether oxygens (including phenoxy) is 3. The average Bonchev–Trinajstić information content (AvgIpc) is 2.24. The summed E-state index contributed by atoms with van der Waals surface area (Å²) in [5, 5.41) is 0. The number of hydrogen-bond donors (Lipinski definition) is 1. The molecule has 0 aromatic heterocycles. The van der Waals surface area contributed by atoms with Gasteiger partial charge < -0.3 is 19.9 Å². The van der Waals surface area contributed by atoms with Gasteiger partial charge in [0, 0.05) is 12.6 Å². The van der Waals surface area contributed by atoms with Crippen LogP contribution in [0.3, 0.4) is 0 Å². The predicted molar refractivity (Wildman–Crippen MR) is 65.9 cm³/mol. The molecule has 1 saturated carbocycles. The Hall–Kier alpha value is -0.160. The first-order valence-electron chi connectivity index (χ1n) is 6.78. The van der Waals surface area contributed by atoms with Gasteiger partial charge in [0.15, 0.2) is 0 Å². The topological polar surface area (TPSA) is 53.7 Å². The standard InChI is InChI=1S/C13H25NO3/c1-4-15-13-11(14)7-12(13)17-10-5-8(2)16-9(3)6-10/h8-13H,4-7,14H2,1-3H3. The quantitative estimate of drug-likeness (QED) is 0.812. The third kappa shape index (κ3) is 3.19. The molecule has 17 heavy (non-hydrogen) atoms. The summed E-state index contributed by atoms with van der Waals surface area (Å²) in [4.78, 5) is 0. The summed E-state index contributed by atoms with van der Waals surface area (Å²) in [6, 6.07) is 0.148. The Labute approximate surface area is 104 Å². The van der Waals surface area contributed by atoms with Crippen molar-refractivity contribution in [2.75, 3.05) is 6.61 Å². The van der Waals surface area contributed by atoms with Gasteiger partial charge in [-0.2, -0.15) is 0 Å². The van der Waals surface area contributed by atoms with E-state index in [0.29, 0.717) is 24.9 Å². The Bertz CT molecular complexity index is 239. The van der Waals surface area contributed by atoms with Crippen LogP contribution in [0.1, 0.15) is 40.0 Å². The van der Waals surface area contributed by atoms with Gasteiger partial charge in [-0.05, 0) is 40.0 Å². The maximum Gasteiger partial charge on any atom is 0.0988 e. The van der Waals surface area contributed by atoms with E-state index in [4.69, 9.17) is 19.9 Å². The van der Waals surface area contributed by atoms with Crippen LogP contribution in [-0.2, 0) is 14.2 Å². The molecule has 0 aromatic carbocycles. The Kier molecular flexibility index (Phi) is 4.42. The lowest BCUT2D eigenvalue weighted by molar-refractivity contribution is -0.188. The first-order chi connectivity index (χ1) is 8.10. The zero-order valence-electron chi connectivity index (χ0n) is 11.1. The van der Waals surface area contributed by atoms with Crippen LogP contribution in [0, 0.1) is 0 Å². The van der Waals surface area contributed by atoms with Crippen LogP contribution in [-0.4, -0.2) is 43.2 Å². The van der Waals surface area contributed by atoms with Gasteiger partial charge >= 0.3 is 0 Å². The summed E-state index contributed by atoms with van der Waals surface area (Å²) in [6.07, 6.45) is 4.05. The smallest absolute Gasteiger partial charge is 0.0988 e. The van der Waals surface area contributed by atoms with Crippen LogP contribution in [0.5, 0.6) is 0 Å². The summed E-state index contributed by atoms with van der Waals surface area (Å²) in [5.74, 6) is 0. The van der Waals surface area contributed by atoms with E-state index in [1.807, 2.05) is 6.92 Å². The first kappa shape index (κ1) is 13.3. The third-order valence-electron chi connectivity index (χ3n) is 3.67. The second-order valence-corrected chi connectivity index (χ2v) is 5.34. The van der Waals surface area contributed by atoms with Gasteiger partial charge in [0.05, 0.1) is 30.5 Å². The minimum Gasteiger partial charge on any atom is -0.375 e. The molecule has 2 aliphatic rings. The maximum atomic E-state index is 6.12. The highest BCUT2D eigenvalue weighted by atomic mass is 16.6. The molecule has 0 aromatic rings. The molecule has 4 heteroatoms. The minimum absolute atomic E-state index is 0.0912. The van der Waals surface area contributed by atoms with E-state index in [-0.39, 0.29) is 18.2 Å².